The van der Waals surface area contributed by atoms with Crippen molar-refractivity contribution in [3.63, 3.8) is 0 Å². The highest BCUT2D eigenvalue weighted by atomic mass is 35.5. The topological polar surface area (TPSA) is 58.6 Å². The highest BCUT2D eigenvalue weighted by Gasteiger charge is 2.56. The number of carbonyl (C=O) groups is 2. The summed E-state index contributed by atoms with van der Waals surface area (Å²) in [6.45, 7) is 0.686. The third kappa shape index (κ3) is 3.31. The van der Waals surface area contributed by atoms with Gasteiger partial charge in [0.2, 0.25) is 11.8 Å². The molecular formula is C23H29ClN2O3. The van der Waals surface area contributed by atoms with Gasteiger partial charge >= 0.3 is 0 Å². The van der Waals surface area contributed by atoms with Gasteiger partial charge in [-0.15, -0.1) is 0 Å². The maximum atomic E-state index is 13.7. The molecule has 1 atom stereocenters. The molecule has 1 aromatic rings. The number of halogens is 1. The first-order valence-electron chi connectivity index (χ1n) is 10.9. The van der Waals surface area contributed by atoms with E-state index in [-0.39, 0.29) is 17.2 Å². The van der Waals surface area contributed by atoms with Gasteiger partial charge in [-0.2, -0.15) is 0 Å². The monoisotopic (exact) mass is 416 g/mol. The van der Waals surface area contributed by atoms with Crippen LogP contribution in [-0.4, -0.2) is 36.4 Å². The van der Waals surface area contributed by atoms with Gasteiger partial charge in [-0.3, -0.25) is 9.59 Å². The van der Waals surface area contributed by atoms with Crippen LogP contribution in [0, 0.1) is 23.2 Å². The summed E-state index contributed by atoms with van der Waals surface area (Å²) >= 11 is 6.10. The number of methoxy groups -OCH3 is 1. The van der Waals surface area contributed by atoms with E-state index in [4.69, 9.17) is 16.3 Å². The minimum absolute atomic E-state index is 0.138. The van der Waals surface area contributed by atoms with Gasteiger partial charge in [-0.05, 0) is 87.3 Å². The average Bonchev–Trinajstić information content (AvgIpc) is 3.16. The van der Waals surface area contributed by atoms with E-state index in [1.807, 2.05) is 4.90 Å². The third-order valence-corrected chi connectivity index (χ3v) is 7.96. The quantitative estimate of drug-likeness (QED) is 0.786. The second kappa shape index (κ2) is 7.19. The molecule has 29 heavy (non-hydrogen) atoms. The molecule has 4 bridgehead atoms. The molecule has 1 N–H and O–H groups in total. The molecule has 6 rings (SSSR count). The van der Waals surface area contributed by atoms with Gasteiger partial charge < -0.3 is 15.0 Å². The Morgan fingerprint density at radius 3 is 2.41 bits per heavy atom. The number of likely N-dealkylation sites (tertiary alicyclic amines) is 1. The van der Waals surface area contributed by atoms with Crippen LogP contribution < -0.4 is 10.1 Å². The van der Waals surface area contributed by atoms with Gasteiger partial charge in [-0.1, -0.05) is 11.6 Å². The fourth-order valence-electron chi connectivity index (χ4n) is 6.95. The normalized spacial score (nSPS) is 35.0. The Hall–Kier alpha value is -1.75. The molecule has 0 unspecified atom stereocenters. The van der Waals surface area contributed by atoms with E-state index in [2.05, 4.69) is 5.32 Å². The van der Waals surface area contributed by atoms with Crippen LogP contribution in [0.4, 0.5) is 5.69 Å². The zero-order valence-electron chi connectivity index (χ0n) is 17.0. The summed E-state index contributed by atoms with van der Waals surface area (Å²) in [6, 6.07) is 4.76. The smallest absolute Gasteiger partial charge is 0.247 e. The van der Waals surface area contributed by atoms with Gasteiger partial charge in [0.25, 0.3) is 0 Å². The number of rotatable bonds is 4. The Balaban J connectivity index is 1.34. The van der Waals surface area contributed by atoms with Crippen LogP contribution in [0.15, 0.2) is 18.2 Å². The summed E-state index contributed by atoms with van der Waals surface area (Å²) < 4.78 is 5.35. The molecule has 156 valence electrons. The molecular weight excluding hydrogens is 388 g/mol. The fourth-order valence-corrected chi connectivity index (χ4v) is 7.13. The van der Waals surface area contributed by atoms with Crippen molar-refractivity contribution in [1.29, 1.82) is 0 Å². The lowest BCUT2D eigenvalue weighted by Gasteiger charge is -2.56. The SMILES string of the molecule is COc1ccc(Cl)cc1NC(=O)[C@@H]1CCCN1C(=O)C12CC3CC(CC(C3)C1)C2. The van der Waals surface area contributed by atoms with Crippen molar-refractivity contribution in [1.82, 2.24) is 4.90 Å². The van der Waals surface area contributed by atoms with Crippen LogP contribution in [0.25, 0.3) is 0 Å². The molecule has 5 fully saturated rings. The van der Waals surface area contributed by atoms with E-state index < -0.39 is 6.04 Å². The molecule has 4 saturated carbocycles. The first kappa shape index (κ1) is 19.2. The van der Waals surface area contributed by atoms with Gasteiger partial charge in [0.1, 0.15) is 11.8 Å². The summed E-state index contributed by atoms with van der Waals surface area (Å²) in [5.74, 6) is 2.83. The van der Waals surface area contributed by atoms with Crippen LogP contribution in [-0.2, 0) is 9.59 Å². The van der Waals surface area contributed by atoms with E-state index >= 15 is 0 Å². The van der Waals surface area contributed by atoms with Crippen LogP contribution in [0.2, 0.25) is 5.02 Å². The molecule has 0 radical (unpaired) electrons. The van der Waals surface area contributed by atoms with E-state index in [9.17, 15) is 9.59 Å². The minimum atomic E-state index is -0.404. The maximum absolute atomic E-state index is 13.7. The van der Waals surface area contributed by atoms with Crippen LogP contribution in [0.3, 0.4) is 0 Å². The molecule has 4 aliphatic carbocycles. The molecule has 6 heteroatoms. The predicted molar refractivity (Wildman–Crippen MR) is 112 cm³/mol. The number of ether oxygens (including phenoxy) is 1. The molecule has 1 aromatic carbocycles. The Morgan fingerprint density at radius 1 is 1.14 bits per heavy atom. The number of nitrogens with one attached hydrogen (secondary N) is 1. The van der Waals surface area contributed by atoms with Crippen molar-refractivity contribution in [3.8, 4) is 5.75 Å². The lowest BCUT2D eigenvalue weighted by Crippen LogP contribution is -2.56. The molecule has 1 heterocycles. The summed E-state index contributed by atoms with van der Waals surface area (Å²) in [5.41, 5.74) is 0.352. The standard InChI is InChI=1S/C23H29ClN2O3/c1-29-20-5-4-17(24)10-18(20)25-21(27)19-3-2-6-26(19)22(28)23-11-14-7-15(12-23)9-16(8-14)13-23/h4-5,10,14-16,19H,2-3,6-9,11-13H2,1H3,(H,25,27)/t14?,15?,16?,19-,23?/m0/s1. The molecule has 0 aromatic heterocycles. The van der Waals surface area contributed by atoms with Crippen molar-refractivity contribution < 1.29 is 14.3 Å². The Kier molecular flexibility index (Phi) is 4.77. The van der Waals surface area contributed by atoms with Crippen LogP contribution >= 0.6 is 11.6 Å². The predicted octanol–water partition coefficient (Wildman–Crippen LogP) is 4.49. The molecule has 1 saturated heterocycles. The second-order valence-electron chi connectivity index (χ2n) is 9.69. The molecule has 5 aliphatic rings. The Bertz CT molecular complexity index is 804. The van der Waals surface area contributed by atoms with Gasteiger partial charge in [0.15, 0.2) is 0 Å². The fraction of sp³-hybridized carbons (Fsp3) is 0.652. The Morgan fingerprint density at radius 2 is 1.79 bits per heavy atom. The van der Waals surface area contributed by atoms with Crippen molar-refractivity contribution >= 4 is 29.1 Å². The van der Waals surface area contributed by atoms with Gasteiger partial charge in [0, 0.05) is 11.6 Å². The van der Waals surface area contributed by atoms with E-state index in [1.54, 1.807) is 25.3 Å². The zero-order chi connectivity index (χ0) is 20.2. The number of anilines is 1. The number of nitrogens with zero attached hydrogens (tertiary/aromatic N) is 1. The first-order chi connectivity index (χ1) is 14.0. The van der Waals surface area contributed by atoms with Crippen LogP contribution in [0.5, 0.6) is 5.75 Å². The lowest BCUT2D eigenvalue weighted by atomic mass is 9.49. The maximum Gasteiger partial charge on any atom is 0.247 e. The number of benzene rings is 1. The molecule has 5 nitrogen and oxygen atoms in total. The number of hydrogen-bond acceptors (Lipinski definition) is 3. The average molecular weight is 417 g/mol. The number of amides is 2. The van der Waals surface area contributed by atoms with E-state index in [0.717, 1.165) is 43.4 Å². The summed E-state index contributed by atoms with van der Waals surface area (Å²) in [7, 11) is 1.57. The molecule has 0 spiro atoms. The van der Waals surface area contributed by atoms with Gasteiger partial charge in [-0.25, -0.2) is 0 Å². The molecule has 1 aliphatic heterocycles. The highest BCUT2D eigenvalue weighted by Crippen LogP contribution is 2.60. The van der Waals surface area contributed by atoms with Crippen LogP contribution in [0.1, 0.15) is 51.4 Å². The van der Waals surface area contributed by atoms with Crippen molar-refractivity contribution in [2.75, 3.05) is 19.0 Å². The summed E-state index contributed by atoms with van der Waals surface area (Å²) in [5, 5.41) is 3.50. The first-order valence-corrected chi connectivity index (χ1v) is 11.3. The largest absolute Gasteiger partial charge is 0.495 e. The van der Waals surface area contributed by atoms with Gasteiger partial charge in [0.05, 0.1) is 18.2 Å². The third-order valence-electron chi connectivity index (χ3n) is 7.73. The minimum Gasteiger partial charge on any atom is -0.495 e. The van der Waals surface area contributed by atoms with E-state index in [1.165, 1.54) is 19.3 Å². The summed E-state index contributed by atoms with van der Waals surface area (Å²) in [4.78, 5) is 28.8. The zero-order valence-corrected chi connectivity index (χ0v) is 17.7. The van der Waals surface area contributed by atoms with Crippen molar-refractivity contribution in [2.24, 2.45) is 23.2 Å². The molecule has 2 amide bonds. The second-order valence-corrected chi connectivity index (χ2v) is 10.1. The summed E-state index contributed by atoms with van der Waals surface area (Å²) in [6.07, 6.45) is 8.62. The Labute approximate surface area is 177 Å². The number of hydrogen-bond donors (Lipinski definition) is 1. The van der Waals surface area contributed by atoms with Crippen molar-refractivity contribution in [2.45, 2.75) is 57.4 Å². The highest BCUT2D eigenvalue weighted by molar-refractivity contribution is 6.31. The van der Waals surface area contributed by atoms with Crippen molar-refractivity contribution in [3.05, 3.63) is 23.2 Å². The van der Waals surface area contributed by atoms with E-state index in [0.29, 0.717) is 29.4 Å². The number of carbonyl (C=O) groups excluding carboxylic acids is 2. The lowest BCUT2D eigenvalue weighted by molar-refractivity contribution is -0.160.